The predicted molar refractivity (Wildman–Crippen MR) is 200 cm³/mol. The molecule has 6 amide bonds. The Kier molecular flexibility index (Phi) is 22.5. The van der Waals surface area contributed by atoms with Crippen LogP contribution >= 0.6 is 90.5 Å². The molecule has 4 aliphatic rings. The molecule has 4 heterocycles. The number of quaternary nitrogens is 1. The molecule has 4 rings (SSSR count). The maximum absolute atomic E-state index is 11.9. The van der Waals surface area contributed by atoms with E-state index in [9.17, 15) is 28.8 Å². The molecule has 11 nitrogen and oxygen atoms in total. The molecule has 4 aliphatic heterocycles. The fourth-order valence-corrected chi connectivity index (χ4v) is 4.10. The number of hydrogen-bond donors (Lipinski definition) is 1. The highest BCUT2D eigenvalue weighted by Crippen LogP contribution is 2.33. The highest BCUT2D eigenvalue weighted by atomic mass is 127. The molecule has 0 aromatic carbocycles. The monoisotopic (exact) mass is 964 g/mol. The highest BCUT2D eigenvalue weighted by Gasteiger charge is 2.60. The topological polar surface area (TPSA) is 138 Å². The molecular formula is C21H39B3I3N5O6P3+. The maximum atomic E-state index is 11.9. The lowest BCUT2D eigenvalue weighted by Crippen LogP contribution is -2.75. The van der Waals surface area contributed by atoms with Gasteiger partial charge in [-0.2, -0.15) is 18.2 Å². The zero-order valence-electron chi connectivity index (χ0n) is 23.8. The average molecular weight is 964 g/mol. The standard InChI is InChI=1S/C12H16N3O4.C6H10N2O2.CH3BIP.2CH5BIP/c16-9-1-2-10(17)14(9)6-5-13-7-8-15(13)11(18)3-4-12(15)19;7-3-4-8-5(9)1-2-6(8)10;1-4(2)3;2*1-2(3)4/h1-8H2;1-4,7H2;1H3;2*4H2,1H3/q+1;;;;. The summed E-state index contributed by atoms with van der Waals surface area (Å²) in [7, 11) is 10.5. The van der Waals surface area contributed by atoms with Crippen molar-refractivity contribution in [3.63, 3.8) is 0 Å². The highest BCUT2D eigenvalue weighted by molar-refractivity contribution is 14.2. The Balaban J connectivity index is 0.000000608. The molecule has 3 unspecified atom stereocenters. The summed E-state index contributed by atoms with van der Waals surface area (Å²) in [6, 6.07) is 0. The number of hydrogen-bond acceptors (Lipinski definition) is 8. The number of amides is 6. The molecule has 3 atom stereocenters. The second-order valence-corrected chi connectivity index (χ2v) is 23.5. The van der Waals surface area contributed by atoms with Crippen LogP contribution in [0.5, 0.6) is 0 Å². The van der Waals surface area contributed by atoms with Crippen LogP contribution in [0, 0.1) is 0 Å². The van der Waals surface area contributed by atoms with Crippen LogP contribution in [-0.2, 0) is 28.8 Å². The van der Waals surface area contributed by atoms with Crippen LogP contribution in [0.3, 0.4) is 0 Å². The van der Waals surface area contributed by atoms with E-state index >= 15 is 0 Å². The van der Waals surface area contributed by atoms with Gasteiger partial charge in [-0.05, 0) is 6.66 Å². The van der Waals surface area contributed by atoms with E-state index < -0.39 is 0 Å². The van der Waals surface area contributed by atoms with Gasteiger partial charge in [0.05, 0.1) is 19.4 Å². The molecule has 4 fully saturated rings. The van der Waals surface area contributed by atoms with Crippen molar-refractivity contribution in [2.24, 2.45) is 5.73 Å². The molecule has 0 aromatic rings. The second-order valence-electron chi connectivity index (χ2n) is 9.28. The number of imide groups is 3. The maximum Gasteiger partial charge on any atom is 0.341 e. The number of nitrogens with zero attached hydrogens (tertiary/aromatic N) is 4. The minimum Gasteiger partial charge on any atom is -0.329 e. The summed E-state index contributed by atoms with van der Waals surface area (Å²) in [6.45, 7) is 8.82. The van der Waals surface area contributed by atoms with Gasteiger partial charge >= 0.3 is 11.8 Å². The zero-order valence-corrected chi connectivity index (χ0v) is 33.4. The van der Waals surface area contributed by atoms with Crippen molar-refractivity contribution < 1.29 is 33.4 Å². The van der Waals surface area contributed by atoms with Crippen LogP contribution in [0.25, 0.3) is 0 Å². The molecule has 0 aromatic heterocycles. The first-order chi connectivity index (χ1) is 19.0. The lowest BCUT2D eigenvalue weighted by atomic mass is 10.2. The van der Waals surface area contributed by atoms with Crippen LogP contribution in [0.4, 0.5) is 0 Å². The molecule has 0 aliphatic carbocycles. The van der Waals surface area contributed by atoms with Crippen molar-refractivity contribution in [1.82, 2.24) is 14.8 Å². The van der Waals surface area contributed by atoms with Gasteiger partial charge in [-0.1, -0.05) is 41.1 Å². The van der Waals surface area contributed by atoms with E-state index in [0.29, 0.717) is 58.4 Å². The normalized spacial score (nSPS) is 19.7. The Morgan fingerprint density at radius 2 is 1.12 bits per heavy atom. The van der Waals surface area contributed by atoms with E-state index in [2.05, 4.69) is 98.7 Å². The third kappa shape index (κ3) is 15.3. The van der Waals surface area contributed by atoms with Gasteiger partial charge in [0.15, 0.2) is 0 Å². The van der Waals surface area contributed by atoms with Crippen LogP contribution < -0.4 is 5.73 Å². The lowest BCUT2D eigenvalue weighted by molar-refractivity contribution is -0.944. The minimum atomic E-state index is -0.184. The van der Waals surface area contributed by atoms with Crippen LogP contribution in [0.2, 0.25) is 13.6 Å². The first-order valence-electron chi connectivity index (χ1n) is 13.0. The van der Waals surface area contributed by atoms with Crippen molar-refractivity contribution in [2.75, 3.05) is 45.9 Å². The van der Waals surface area contributed by atoms with E-state index in [1.165, 1.54) is 9.80 Å². The Labute approximate surface area is 291 Å². The summed E-state index contributed by atoms with van der Waals surface area (Å²) in [6.07, 6.45) is 1.87. The van der Waals surface area contributed by atoms with Gasteiger partial charge in [0, 0.05) is 45.3 Å². The molecule has 0 bridgehead atoms. The van der Waals surface area contributed by atoms with E-state index in [1.807, 2.05) is 6.66 Å². The molecule has 4 saturated heterocycles. The average Bonchev–Trinajstić information content (AvgIpc) is 3.44. The van der Waals surface area contributed by atoms with Crippen LogP contribution in [0.15, 0.2) is 0 Å². The quantitative estimate of drug-likeness (QED) is 0.146. The smallest absolute Gasteiger partial charge is 0.329 e. The van der Waals surface area contributed by atoms with Crippen molar-refractivity contribution in [3.05, 3.63) is 0 Å². The number of carbonyl (C=O) groups excluding carboxylic acids is 6. The molecule has 1 spiro atoms. The summed E-state index contributed by atoms with van der Waals surface area (Å²) in [5.41, 5.74) is 5.04. The fourth-order valence-electron chi connectivity index (χ4n) is 4.10. The Bertz CT molecular complexity index is 872. The number of carbonyl (C=O) groups is 6. The number of rotatable bonds is 5. The van der Waals surface area contributed by atoms with E-state index in [0.717, 1.165) is 8.58 Å². The molecule has 2 N–H and O–H groups in total. The van der Waals surface area contributed by atoms with Gasteiger partial charge < -0.3 is 5.73 Å². The SMILES string of the molecule is CB(P)I.CB(P)I.NCCN1C(=O)CCC1=O.O=C1CCC(=O)N1CCN1CC[N+]12C(=O)CCC2=O.[B]P(C)I. The van der Waals surface area contributed by atoms with Crippen molar-refractivity contribution >= 4 is 142 Å². The number of nitrogens with two attached hydrogens (primary N) is 1. The van der Waals surface area contributed by atoms with Crippen LogP contribution in [-0.4, -0.2) is 117 Å². The van der Waals surface area contributed by atoms with Gasteiger partial charge in [0.2, 0.25) is 32.2 Å². The summed E-state index contributed by atoms with van der Waals surface area (Å²) >= 11 is 6.80. The van der Waals surface area contributed by atoms with Gasteiger partial charge in [0.25, 0.3) is 0 Å². The summed E-state index contributed by atoms with van der Waals surface area (Å²) in [5, 5.41) is 1.77. The molecular weight excluding hydrogens is 924 g/mol. The molecule has 0 saturated carbocycles. The van der Waals surface area contributed by atoms with Crippen LogP contribution in [0.1, 0.15) is 38.5 Å². The lowest BCUT2D eigenvalue weighted by Gasteiger charge is -2.46. The number of likely N-dealkylation sites (tertiary alicyclic amines) is 2. The van der Waals surface area contributed by atoms with Crippen molar-refractivity contribution in [1.29, 1.82) is 0 Å². The van der Waals surface area contributed by atoms with Gasteiger partial charge in [-0.15, -0.1) is 54.3 Å². The molecule has 20 heteroatoms. The summed E-state index contributed by atoms with van der Waals surface area (Å²) < 4.78 is 1.26. The minimum absolute atomic E-state index is 0.0599. The Hall–Kier alpha value is 1.17. The van der Waals surface area contributed by atoms with Gasteiger partial charge in [-0.25, -0.2) is 9.59 Å². The first-order valence-corrected chi connectivity index (χ1v) is 21.5. The zero-order chi connectivity index (χ0) is 31.9. The van der Waals surface area contributed by atoms with E-state index in [4.69, 9.17) is 13.3 Å². The van der Waals surface area contributed by atoms with Gasteiger partial charge in [0.1, 0.15) is 20.7 Å². The largest absolute Gasteiger partial charge is 0.341 e. The third-order valence-electron chi connectivity index (χ3n) is 5.79. The fraction of sp³-hybridized carbons (Fsp3) is 0.714. The van der Waals surface area contributed by atoms with Crippen molar-refractivity contribution in [2.45, 2.75) is 52.2 Å². The predicted octanol–water partition coefficient (Wildman–Crippen LogP) is 2.48. The summed E-state index contributed by atoms with van der Waals surface area (Å²) in [5.74, 6) is -0.608. The van der Waals surface area contributed by atoms with E-state index in [-0.39, 0.29) is 64.9 Å². The number of halogens is 3. The Morgan fingerprint density at radius 1 is 0.805 bits per heavy atom. The van der Waals surface area contributed by atoms with Crippen molar-refractivity contribution in [3.8, 4) is 0 Å². The van der Waals surface area contributed by atoms with E-state index in [1.54, 1.807) is 5.01 Å². The Morgan fingerprint density at radius 3 is 1.39 bits per heavy atom. The molecule has 41 heavy (non-hydrogen) atoms. The summed E-state index contributed by atoms with van der Waals surface area (Å²) in [4.78, 5) is 70.9. The molecule has 228 valence electrons. The van der Waals surface area contributed by atoms with Gasteiger partial charge in [-0.3, -0.25) is 29.0 Å². The molecule has 2 radical (unpaired) electrons. The third-order valence-corrected chi connectivity index (χ3v) is 5.79. The first kappa shape index (κ1) is 42.2. The second kappa shape index (κ2) is 21.8.